The lowest BCUT2D eigenvalue weighted by Crippen LogP contribution is -2.15. The van der Waals surface area contributed by atoms with Gasteiger partial charge in [-0.15, -0.1) is 0 Å². The van der Waals surface area contributed by atoms with Crippen LogP contribution in [0, 0.1) is 6.20 Å². The molecule has 0 aliphatic rings. The maximum atomic E-state index is 12.2. The van der Waals surface area contributed by atoms with Gasteiger partial charge in [-0.3, -0.25) is 9.20 Å². The van der Waals surface area contributed by atoms with E-state index >= 15 is 0 Å². The van der Waals surface area contributed by atoms with E-state index in [-0.39, 0.29) is 12.3 Å². The minimum atomic E-state index is -0.620. The second kappa shape index (κ2) is 5.80. The normalized spacial score (nSPS) is 10.8. The first-order valence-electron chi connectivity index (χ1n) is 6.55. The third-order valence-electron chi connectivity index (χ3n) is 3.04. The summed E-state index contributed by atoms with van der Waals surface area (Å²) < 4.78 is 18.9. The summed E-state index contributed by atoms with van der Waals surface area (Å²) in [5, 5.41) is 0. The minimum absolute atomic E-state index is 0.0339. The minimum Gasteiger partial charge on any atom is -0.491 e. The number of rotatable bonds is 5. The monoisotopic (exact) mass is 299 g/mol. The Hall–Kier alpha value is -2.96. The number of carbonyl (C=O) groups is 1. The summed E-state index contributed by atoms with van der Waals surface area (Å²) in [7, 11) is 0. The van der Waals surface area contributed by atoms with Crippen molar-refractivity contribution in [3.63, 3.8) is 0 Å². The Kier molecular flexibility index (Phi) is 3.69. The Morgan fingerprint density at radius 3 is 3.09 bits per heavy atom. The number of hydrogen-bond acceptors (Lipinski definition) is 4. The van der Waals surface area contributed by atoms with E-state index in [4.69, 9.17) is 10.5 Å². The van der Waals surface area contributed by atoms with Crippen LogP contribution in [-0.4, -0.2) is 33.6 Å². The van der Waals surface area contributed by atoms with Crippen molar-refractivity contribution >= 4 is 11.7 Å². The van der Waals surface area contributed by atoms with E-state index in [9.17, 15) is 9.18 Å². The van der Waals surface area contributed by atoms with Crippen LogP contribution >= 0.6 is 0 Å². The van der Waals surface area contributed by atoms with Gasteiger partial charge in [-0.05, 0) is 18.2 Å². The topological polar surface area (TPSA) is 82.5 Å². The summed E-state index contributed by atoms with van der Waals surface area (Å²) in [5.74, 6) is 0.189. The fraction of sp³-hybridized carbons (Fsp3) is 0.133. The van der Waals surface area contributed by atoms with Gasteiger partial charge in [-0.1, -0.05) is 12.1 Å². The van der Waals surface area contributed by atoms with Gasteiger partial charge >= 0.3 is 0 Å². The lowest BCUT2D eigenvalue weighted by molar-refractivity contribution is 0.0995. The molecule has 0 fully saturated rings. The number of imidazole rings is 1. The molecule has 7 heteroatoms. The molecule has 2 aromatic heterocycles. The number of fused-ring (bicyclic) bond motifs is 1. The second-order valence-corrected chi connectivity index (χ2v) is 4.47. The molecular formula is C15H12FN4O2. The summed E-state index contributed by atoms with van der Waals surface area (Å²) in [6, 6.07) is 8.43. The number of alkyl halides is 1. The van der Waals surface area contributed by atoms with Gasteiger partial charge < -0.3 is 10.5 Å². The van der Waals surface area contributed by atoms with Gasteiger partial charge in [0.05, 0.1) is 6.20 Å². The highest BCUT2D eigenvalue weighted by Gasteiger charge is 2.19. The third kappa shape index (κ3) is 2.48. The highest BCUT2D eigenvalue weighted by Crippen LogP contribution is 2.26. The zero-order chi connectivity index (χ0) is 15.5. The number of primary amides is 1. The van der Waals surface area contributed by atoms with Crippen LogP contribution in [0.4, 0.5) is 4.39 Å². The van der Waals surface area contributed by atoms with Crippen LogP contribution in [-0.2, 0) is 0 Å². The van der Waals surface area contributed by atoms with Crippen molar-refractivity contribution < 1.29 is 13.9 Å². The zero-order valence-electron chi connectivity index (χ0n) is 11.5. The van der Waals surface area contributed by atoms with Crippen molar-refractivity contribution in [2.24, 2.45) is 5.73 Å². The molecule has 1 aromatic carbocycles. The van der Waals surface area contributed by atoms with Crippen molar-refractivity contribution in [1.29, 1.82) is 0 Å². The molecule has 0 spiro atoms. The number of amides is 1. The van der Waals surface area contributed by atoms with E-state index in [2.05, 4.69) is 16.2 Å². The highest BCUT2D eigenvalue weighted by atomic mass is 19.1. The Morgan fingerprint density at radius 2 is 2.32 bits per heavy atom. The van der Waals surface area contributed by atoms with Crippen LogP contribution < -0.4 is 10.5 Å². The predicted molar refractivity (Wildman–Crippen MR) is 77.2 cm³/mol. The number of nitrogens with zero attached hydrogens (tertiary/aromatic N) is 3. The quantitative estimate of drug-likeness (QED) is 0.776. The largest absolute Gasteiger partial charge is 0.491 e. The van der Waals surface area contributed by atoms with Gasteiger partial charge in [0.15, 0.2) is 0 Å². The molecule has 0 bridgehead atoms. The van der Waals surface area contributed by atoms with E-state index in [1.807, 2.05) is 0 Å². The molecule has 6 nitrogen and oxygen atoms in total. The molecule has 2 N–H and O–H groups in total. The van der Waals surface area contributed by atoms with Crippen molar-refractivity contribution in [2.45, 2.75) is 0 Å². The summed E-state index contributed by atoms with van der Waals surface area (Å²) in [5.41, 5.74) is 6.71. The van der Waals surface area contributed by atoms with Crippen LogP contribution in [0.25, 0.3) is 17.0 Å². The molecule has 22 heavy (non-hydrogen) atoms. The first kappa shape index (κ1) is 14.0. The Morgan fingerprint density at radius 1 is 1.45 bits per heavy atom. The van der Waals surface area contributed by atoms with Crippen LogP contribution in [0.3, 0.4) is 0 Å². The number of aromatic nitrogens is 3. The Bertz CT molecular complexity index is 831. The maximum Gasteiger partial charge on any atom is 0.268 e. The van der Waals surface area contributed by atoms with E-state index in [1.165, 1.54) is 4.40 Å². The van der Waals surface area contributed by atoms with Gasteiger partial charge in [0.2, 0.25) is 5.78 Å². The molecule has 0 aliphatic heterocycles. The van der Waals surface area contributed by atoms with Crippen molar-refractivity contribution in [1.82, 2.24) is 14.4 Å². The van der Waals surface area contributed by atoms with Crippen molar-refractivity contribution in [3.05, 3.63) is 48.4 Å². The summed E-state index contributed by atoms with van der Waals surface area (Å²) >= 11 is 0. The van der Waals surface area contributed by atoms with Crippen molar-refractivity contribution in [3.8, 4) is 17.0 Å². The Balaban J connectivity index is 2.13. The average molecular weight is 299 g/mol. The molecule has 2 heterocycles. The number of benzene rings is 1. The van der Waals surface area contributed by atoms with Crippen LogP contribution in [0.15, 0.2) is 36.5 Å². The number of nitrogens with two attached hydrogens (primary N) is 1. The van der Waals surface area contributed by atoms with Crippen LogP contribution in [0.2, 0.25) is 0 Å². The van der Waals surface area contributed by atoms with E-state index in [1.54, 1.807) is 36.5 Å². The van der Waals surface area contributed by atoms with Gasteiger partial charge in [-0.25, -0.2) is 14.4 Å². The molecule has 0 atom stereocenters. The molecule has 0 saturated heterocycles. The lowest BCUT2D eigenvalue weighted by atomic mass is 10.1. The lowest BCUT2D eigenvalue weighted by Gasteiger charge is -2.06. The SMILES string of the molecule is NC(=O)c1c(-c2cccc(OCCF)c2)nc2n[c]ccn12. The molecule has 1 radical (unpaired) electrons. The number of hydrogen-bond donors (Lipinski definition) is 1. The van der Waals surface area contributed by atoms with E-state index < -0.39 is 12.6 Å². The number of halogens is 1. The number of carbonyl (C=O) groups excluding carboxylic acids is 1. The maximum absolute atomic E-state index is 12.2. The summed E-state index contributed by atoms with van der Waals surface area (Å²) in [6.45, 7) is -0.612. The first-order chi connectivity index (χ1) is 10.7. The molecule has 0 aliphatic carbocycles. The highest BCUT2D eigenvalue weighted by molar-refractivity contribution is 5.98. The van der Waals surface area contributed by atoms with E-state index in [0.29, 0.717) is 22.8 Å². The molecule has 3 aromatic rings. The fourth-order valence-electron chi connectivity index (χ4n) is 2.17. The predicted octanol–water partition coefficient (Wildman–Crippen LogP) is 1.64. The molecular weight excluding hydrogens is 287 g/mol. The van der Waals surface area contributed by atoms with Crippen molar-refractivity contribution in [2.75, 3.05) is 13.3 Å². The summed E-state index contributed by atoms with van der Waals surface area (Å²) in [4.78, 5) is 20.1. The molecule has 111 valence electrons. The zero-order valence-corrected chi connectivity index (χ0v) is 11.5. The van der Waals surface area contributed by atoms with Gasteiger partial charge in [0.1, 0.15) is 30.4 Å². The smallest absolute Gasteiger partial charge is 0.268 e. The van der Waals surface area contributed by atoms with Gasteiger partial charge in [0, 0.05) is 11.8 Å². The summed E-state index contributed by atoms with van der Waals surface area (Å²) in [6.07, 6.45) is 4.27. The first-order valence-corrected chi connectivity index (χ1v) is 6.55. The molecule has 0 unspecified atom stereocenters. The fourth-order valence-corrected chi connectivity index (χ4v) is 2.17. The molecule has 1 amide bonds. The standard InChI is InChI=1S/C15H12FN4O2/c16-5-8-22-11-4-1-3-10(9-11)12-13(14(17)21)20-7-2-6-18-15(20)19-12/h1-4,7,9H,5,8H2,(H2,17,21). The number of ether oxygens (including phenoxy) is 1. The van der Waals surface area contributed by atoms with Crippen LogP contribution in [0.1, 0.15) is 10.5 Å². The van der Waals surface area contributed by atoms with Gasteiger partial charge in [0.25, 0.3) is 5.91 Å². The van der Waals surface area contributed by atoms with Gasteiger partial charge in [-0.2, -0.15) is 0 Å². The van der Waals surface area contributed by atoms with Crippen LogP contribution in [0.5, 0.6) is 5.75 Å². The second-order valence-electron chi connectivity index (χ2n) is 4.47. The molecule has 0 saturated carbocycles. The third-order valence-corrected chi connectivity index (χ3v) is 3.04. The van der Waals surface area contributed by atoms with E-state index in [0.717, 1.165) is 0 Å². The Labute approximate surface area is 125 Å². The molecule has 3 rings (SSSR count). The average Bonchev–Trinajstić information content (AvgIpc) is 2.93.